The fourth-order valence-electron chi connectivity index (χ4n) is 4.19. The van der Waals surface area contributed by atoms with Crippen molar-refractivity contribution in [1.82, 2.24) is 30.3 Å². The van der Waals surface area contributed by atoms with Crippen LogP contribution in [0, 0.1) is 0 Å². The molecule has 3 unspecified atom stereocenters. The van der Waals surface area contributed by atoms with Crippen molar-refractivity contribution in [2.45, 2.75) is 57.5 Å². The highest BCUT2D eigenvalue weighted by molar-refractivity contribution is 7.10. The molecule has 0 radical (unpaired) electrons. The second-order valence-electron chi connectivity index (χ2n) is 8.50. The molecule has 35 heavy (non-hydrogen) atoms. The van der Waals surface area contributed by atoms with E-state index in [1.54, 1.807) is 18.4 Å². The van der Waals surface area contributed by atoms with Gasteiger partial charge < -0.3 is 19.5 Å². The van der Waals surface area contributed by atoms with Crippen molar-refractivity contribution in [3.8, 4) is 0 Å². The summed E-state index contributed by atoms with van der Waals surface area (Å²) < 4.78 is 19.8. The number of nitrogens with zero attached hydrogens (tertiary/aromatic N) is 4. The largest absolute Gasteiger partial charge is 0.354 e. The van der Waals surface area contributed by atoms with E-state index in [0.29, 0.717) is 17.7 Å². The number of carbonyl (C=O) groups is 2. The number of halogens is 1. The summed E-state index contributed by atoms with van der Waals surface area (Å²) in [6.07, 6.45) is -1.13. The maximum atomic E-state index is 12.7. The first-order chi connectivity index (χ1) is 16.8. The summed E-state index contributed by atoms with van der Waals surface area (Å²) in [7, 11) is 0. The molecule has 3 aromatic rings. The SMILES string of the molecule is CCNC(=O)C1OC(n2cnc3c(NNC(=O)Cc4cccs4)nc(Cl)nc32)[C@@H]2OC(C)(C)OC12. The van der Waals surface area contributed by atoms with Gasteiger partial charge in [0.2, 0.25) is 11.2 Å². The second kappa shape index (κ2) is 9.32. The molecule has 14 heteroatoms. The summed E-state index contributed by atoms with van der Waals surface area (Å²) in [5.74, 6) is -1.22. The smallest absolute Gasteiger partial charge is 0.252 e. The van der Waals surface area contributed by atoms with Gasteiger partial charge in [0.1, 0.15) is 12.2 Å². The molecule has 12 nitrogen and oxygen atoms in total. The number of anilines is 1. The third kappa shape index (κ3) is 4.69. The number of imidazole rings is 1. The van der Waals surface area contributed by atoms with E-state index in [0.717, 1.165) is 4.88 Å². The Bertz CT molecular complexity index is 1250. The molecule has 2 saturated heterocycles. The Morgan fingerprint density at radius 3 is 2.80 bits per heavy atom. The molecule has 0 aromatic carbocycles. The van der Waals surface area contributed by atoms with Gasteiger partial charge in [0.25, 0.3) is 5.91 Å². The Morgan fingerprint density at radius 2 is 2.06 bits per heavy atom. The van der Waals surface area contributed by atoms with E-state index in [9.17, 15) is 9.59 Å². The molecule has 3 N–H and O–H groups in total. The van der Waals surface area contributed by atoms with Gasteiger partial charge in [-0.15, -0.1) is 11.3 Å². The summed E-state index contributed by atoms with van der Waals surface area (Å²) >= 11 is 7.68. The highest BCUT2D eigenvalue weighted by Crippen LogP contribution is 2.44. The maximum Gasteiger partial charge on any atom is 0.252 e. The van der Waals surface area contributed by atoms with Gasteiger partial charge in [-0.25, -0.2) is 4.98 Å². The van der Waals surface area contributed by atoms with Gasteiger partial charge in [-0.3, -0.25) is 25.0 Å². The average molecular weight is 522 g/mol. The van der Waals surface area contributed by atoms with E-state index >= 15 is 0 Å². The van der Waals surface area contributed by atoms with Crippen LogP contribution < -0.4 is 16.2 Å². The minimum atomic E-state index is -0.898. The van der Waals surface area contributed by atoms with Crippen LogP contribution in [-0.4, -0.2) is 62.0 Å². The maximum absolute atomic E-state index is 12.7. The molecule has 5 rings (SSSR count). The van der Waals surface area contributed by atoms with Crippen LogP contribution in [0.2, 0.25) is 5.28 Å². The zero-order chi connectivity index (χ0) is 24.7. The molecule has 0 saturated carbocycles. The van der Waals surface area contributed by atoms with E-state index in [4.69, 9.17) is 25.8 Å². The summed E-state index contributed by atoms with van der Waals surface area (Å²) in [5.41, 5.74) is 6.08. The molecule has 2 aliphatic heterocycles. The van der Waals surface area contributed by atoms with E-state index in [1.165, 1.54) is 17.7 Å². The number of aromatic nitrogens is 4. The number of rotatable bonds is 7. The number of ether oxygens (including phenoxy) is 3. The Morgan fingerprint density at radius 1 is 1.26 bits per heavy atom. The molecule has 2 fully saturated rings. The van der Waals surface area contributed by atoms with Crippen LogP contribution in [0.5, 0.6) is 0 Å². The highest BCUT2D eigenvalue weighted by Gasteiger charge is 2.58. The van der Waals surface area contributed by atoms with Crippen molar-refractivity contribution in [1.29, 1.82) is 0 Å². The van der Waals surface area contributed by atoms with Crippen molar-refractivity contribution >= 4 is 51.7 Å². The standard InChI is InChI=1S/C21H24ClN7O5S/c1-4-23-18(31)14-13-15(34-21(2,3)33-13)19(32-14)29-9-24-12-16(25-20(22)26-17(12)29)28-27-11(30)8-10-6-5-7-35-10/h5-7,9,13-15,19H,4,8H2,1-3H3,(H,23,31)(H,27,30)(H,25,26,28)/t13?,14?,15-,19?/m1/s1. The van der Waals surface area contributed by atoms with E-state index < -0.39 is 30.3 Å². The lowest BCUT2D eigenvalue weighted by molar-refractivity contribution is -0.197. The second-order valence-corrected chi connectivity index (χ2v) is 9.87. The first kappa shape index (κ1) is 23.9. The number of amides is 2. The highest BCUT2D eigenvalue weighted by atomic mass is 35.5. The molecular weight excluding hydrogens is 498 g/mol. The van der Waals surface area contributed by atoms with Gasteiger partial charge in [-0.05, 0) is 43.8 Å². The lowest BCUT2D eigenvalue weighted by Crippen LogP contribution is -2.42. The van der Waals surface area contributed by atoms with E-state index in [2.05, 4.69) is 31.1 Å². The number of likely N-dealkylation sites (N-methyl/N-ethyl adjacent to an activating group) is 1. The van der Waals surface area contributed by atoms with Gasteiger partial charge in [-0.2, -0.15) is 9.97 Å². The molecule has 5 heterocycles. The molecule has 3 aromatic heterocycles. The first-order valence-electron chi connectivity index (χ1n) is 11.0. The van der Waals surface area contributed by atoms with Crippen LogP contribution in [0.3, 0.4) is 0 Å². The van der Waals surface area contributed by atoms with Crippen molar-refractivity contribution in [2.24, 2.45) is 0 Å². The van der Waals surface area contributed by atoms with Crippen LogP contribution in [0.15, 0.2) is 23.8 Å². The van der Waals surface area contributed by atoms with Crippen molar-refractivity contribution in [2.75, 3.05) is 12.0 Å². The van der Waals surface area contributed by atoms with Crippen LogP contribution in [0.4, 0.5) is 5.82 Å². The lowest BCUT2D eigenvalue weighted by Gasteiger charge is -2.24. The minimum Gasteiger partial charge on any atom is -0.354 e. The Balaban J connectivity index is 1.41. The van der Waals surface area contributed by atoms with E-state index in [1.807, 2.05) is 24.4 Å². The first-order valence-corrected chi connectivity index (χ1v) is 12.3. The third-order valence-electron chi connectivity index (χ3n) is 5.54. The predicted molar refractivity (Wildman–Crippen MR) is 127 cm³/mol. The quantitative estimate of drug-likeness (QED) is 0.313. The number of hydrogen-bond acceptors (Lipinski definition) is 10. The molecule has 0 spiro atoms. The normalized spacial score (nSPS) is 24.9. The lowest BCUT2D eigenvalue weighted by atomic mass is 10.1. The molecule has 0 aliphatic carbocycles. The summed E-state index contributed by atoms with van der Waals surface area (Å²) in [6.45, 7) is 5.84. The number of carbonyl (C=O) groups excluding carboxylic acids is 2. The molecule has 2 amide bonds. The van der Waals surface area contributed by atoms with Crippen LogP contribution in [-0.2, 0) is 30.2 Å². The Kier molecular flexibility index (Phi) is 6.36. The number of thiophene rings is 1. The third-order valence-corrected chi connectivity index (χ3v) is 6.59. The summed E-state index contributed by atoms with van der Waals surface area (Å²) in [6, 6.07) is 3.76. The number of hydrazine groups is 1. The molecule has 2 aliphatic rings. The number of hydrogen-bond donors (Lipinski definition) is 3. The number of nitrogens with one attached hydrogen (secondary N) is 3. The van der Waals surface area contributed by atoms with Crippen LogP contribution >= 0.6 is 22.9 Å². The van der Waals surface area contributed by atoms with Gasteiger partial charge >= 0.3 is 0 Å². The summed E-state index contributed by atoms with van der Waals surface area (Å²) in [5, 5.41) is 4.61. The Labute approximate surface area is 209 Å². The van der Waals surface area contributed by atoms with Crippen LogP contribution in [0.25, 0.3) is 11.2 Å². The van der Waals surface area contributed by atoms with Gasteiger partial charge in [0.15, 0.2) is 35.1 Å². The zero-order valence-corrected chi connectivity index (χ0v) is 20.7. The fourth-order valence-corrected chi connectivity index (χ4v) is 5.06. The van der Waals surface area contributed by atoms with Gasteiger partial charge in [-0.1, -0.05) is 6.07 Å². The molecular formula is C21H24ClN7O5S. The van der Waals surface area contributed by atoms with Crippen molar-refractivity contribution in [3.05, 3.63) is 34.0 Å². The summed E-state index contributed by atoms with van der Waals surface area (Å²) in [4.78, 5) is 38.8. The fraction of sp³-hybridized carbons (Fsp3) is 0.476. The predicted octanol–water partition coefficient (Wildman–Crippen LogP) is 1.78. The zero-order valence-electron chi connectivity index (χ0n) is 19.1. The van der Waals surface area contributed by atoms with Crippen LogP contribution in [0.1, 0.15) is 31.9 Å². The monoisotopic (exact) mass is 521 g/mol. The van der Waals surface area contributed by atoms with Crippen molar-refractivity contribution in [3.63, 3.8) is 0 Å². The average Bonchev–Trinajstić information content (AvgIpc) is 3.56. The molecule has 0 bridgehead atoms. The molecule has 4 atom stereocenters. The van der Waals surface area contributed by atoms with Crippen molar-refractivity contribution < 1.29 is 23.8 Å². The Hall–Kier alpha value is -2.84. The van der Waals surface area contributed by atoms with E-state index in [-0.39, 0.29) is 29.3 Å². The number of fused-ring (bicyclic) bond motifs is 2. The minimum absolute atomic E-state index is 0.0620. The van der Waals surface area contributed by atoms with Gasteiger partial charge in [0, 0.05) is 11.4 Å². The topological polar surface area (TPSA) is 142 Å². The molecule has 186 valence electrons. The van der Waals surface area contributed by atoms with Gasteiger partial charge in [0.05, 0.1) is 12.7 Å².